The van der Waals surface area contributed by atoms with Crippen LogP contribution in [0.2, 0.25) is 0 Å². The molecule has 2 fully saturated rings. The topological polar surface area (TPSA) is 59.1 Å². The molecule has 0 radical (unpaired) electrons. The Morgan fingerprint density at radius 2 is 1.81 bits per heavy atom. The van der Waals surface area contributed by atoms with E-state index < -0.39 is 9.84 Å². The van der Waals surface area contributed by atoms with E-state index in [1.54, 1.807) is 7.11 Å². The molecule has 2 saturated heterocycles. The fourth-order valence-corrected chi connectivity index (χ4v) is 6.22. The van der Waals surface area contributed by atoms with Crippen molar-refractivity contribution in [3.63, 3.8) is 0 Å². The first kappa shape index (κ1) is 19.6. The van der Waals surface area contributed by atoms with E-state index >= 15 is 0 Å². The molecule has 2 atom stereocenters. The summed E-state index contributed by atoms with van der Waals surface area (Å²) in [5.41, 5.74) is 2.21. The van der Waals surface area contributed by atoms with Gasteiger partial charge in [-0.15, -0.1) is 0 Å². The van der Waals surface area contributed by atoms with Crippen molar-refractivity contribution in [1.82, 2.24) is 9.80 Å². The highest BCUT2D eigenvalue weighted by Crippen LogP contribution is 2.29. The predicted molar refractivity (Wildman–Crippen MR) is 102 cm³/mol. The van der Waals surface area contributed by atoms with Crippen molar-refractivity contribution in [2.75, 3.05) is 44.9 Å². The molecule has 0 spiro atoms. The molecule has 2 heterocycles. The van der Waals surface area contributed by atoms with Crippen molar-refractivity contribution in [3.8, 4) is 5.75 Å². The normalized spacial score (nSPS) is 26.0. The standard InChI is InChI=1S/C19H30N2O4S/c1-4-20-8-9-21(18-14-26(22,23)13-17(18)20)11-15-6-7-19(24-3)16(10-15)12-25-5-2/h6-7,10,17-18H,4-5,8-9,11-14H2,1-3H3/t17-,18+/m1/s1. The summed E-state index contributed by atoms with van der Waals surface area (Å²) in [5, 5.41) is 0. The molecule has 0 N–H and O–H groups in total. The second-order valence-electron chi connectivity index (χ2n) is 7.09. The van der Waals surface area contributed by atoms with E-state index in [4.69, 9.17) is 9.47 Å². The molecule has 0 bridgehead atoms. The van der Waals surface area contributed by atoms with Crippen LogP contribution in [0, 0.1) is 0 Å². The second-order valence-corrected chi connectivity index (χ2v) is 9.25. The molecule has 1 aromatic carbocycles. The molecule has 0 saturated carbocycles. The Bertz CT molecular complexity index is 722. The van der Waals surface area contributed by atoms with Gasteiger partial charge in [-0.3, -0.25) is 9.80 Å². The van der Waals surface area contributed by atoms with Crippen LogP contribution in [0.5, 0.6) is 5.75 Å². The molecule has 146 valence electrons. The largest absolute Gasteiger partial charge is 0.496 e. The number of ether oxygens (including phenoxy) is 2. The molecule has 26 heavy (non-hydrogen) atoms. The molecular weight excluding hydrogens is 352 g/mol. The van der Waals surface area contributed by atoms with Gasteiger partial charge in [-0.05, 0) is 31.2 Å². The quantitative estimate of drug-likeness (QED) is 0.713. The number of benzene rings is 1. The third-order valence-electron chi connectivity index (χ3n) is 5.50. The molecule has 0 aliphatic carbocycles. The Morgan fingerprint density at radius 3 is 2.46 bits per heavy atom. The van der Waals surface area contributed by atoms with Crippen LogP contribution in [-0.4, -0.2) is 75.2 Å². The average Bonchev–Trinajstić information content (AvgIpc) is 2.96. The number of hydrogen-bond acceptors (Lipinski definition) is 6. The molecule has 6 nitrogen and oxygen atoms in total. The van der Waals surface area contributed by atoms with E-state index in [0.29, 0.717) is 19.0 Å². The van der Waals surface area contributed by atoms with Crippen molar-refractivity contribution in [3.05, 3.63) is 29.3 Å². The number of nitrogens with zero attached hydrogens (tertiary/aromatic N) is 2. The molecule has 7 heteroatoms. The lowest BCUT2D eigenvalue weighted by Crippen LogP contribution is -2.58. The van der Waals surface area contributed by atoms with Crippen LogP contribution < -0.4 is 4.74 Å². The molecule has 0 amide bonds. The van der Waals surface area contributed by atoms with Crippen molar-refractivity contribution in [2.45, 2.75) is 39.1 Å². The summed E-state index contributed by atoms with van der Waals surface area (Å²) in [6.07, 6.45) is 0. The van der Waals surface area contributed by atoms with Gasteiger partial charge in [0.2, 0.25) is 0 Å². The summed E-state index contributed by atoms with van der Waals surface area (Å²) in [6, 6.07) is 6.39. The maximum atomic E-state index is 12.2. The maximum absolute atomic E-state index is 12.2. The number of piperazine rings is 1. The first-order chi connectivity index (χ1) is 12.5. The lowest BCUT2D eigenvalue weighted by molar-refractivity contribution is 0.0438. The summed E-state index contributed by atoms with van der Waals surface area (Å²) in [4.78, 5) is 4.66. The summed E-state index contributed by atoms with van der Waals surface area (Å²) >= 11 is 0. The van der Waals surface area contributed by atoms with E-state index in [1.807, 2.05) is 13.0 Å². The molecule has 3 rings (SSSR count). The van der Waals surface area contributed by atoms with Gasteiger partial charge in [0.15, 0.2) is 9.84 Å². The van der Waals surface area contributed by atoms with Gasteiger partial charge in [0.05, 0.1) is 25.2 Å². The summed E-state index contributed by atoms with van der Waals surface area (Å²) in [5.74, 6) is 1.40. The third-order valence-corrected chi connectivity index (χ3v) is 7.20. The van der Waals surface area contributed by atoms with Crippen LogP contribution in [0.4, 0.5) is 0 Å². The van der Waals surface area contributed by atoms with Gasteiger partial charge in [0, 0.05) is 43.9 Å². The Labute approximate surface area is 157 Å². The van der Waals surface area contributed by atoms with Crippen LogP contribution >= 0.6 is 0 Å². The van der Waals surface area contributed by atoms with Crippen molar-refractivity contribution >= 4 is 9.84 Å². The number of methoxy groups -OCH3 is 1. The van der Waals surface area contributed by atoms with Crippen LogP contribution in [0.1, 0.15) is 25.0 Å². The van der Waals surface area contributed by atoms with Crippen LogP contribution in [-0.2, 0) is 27.7 Å². The number of rotatable bonds is 7. The van der Waals surface area contributed by atoms with Crippen molar-refractivity contribution in [2.24, 2.45) is 0 Å². The zero-order chi connectivity index (χ0) is 18.7. The molecule has 1 aromatic rings. The minimum Gasteiger partial charge on any atom is -0.496 e. The summed E-state index contributed by atoms with van der Waals surface area (Å²) in [6.45, 7) is 8.77. The Morgan fingerprint density at radius 1 is 1.12 bits per heavy atom. The minimum absolute atomic E-state index is 0.0890. The van der Waals surface area contributed by atoms with E-state index in [-0.39, 0.29) is 17.8 Å². The second kappa shape index (κ2) is 8.25. The molecule has 0 unspecified atom stereocenters. The lowest BCUT2D eigenvalue weighted by atomic mass is 10.0. The summed E-state index contributed by atoms with van der Waals surface area (Å²) in [7, 11) is -1.28. The monoisotopic (exact) mass is 382 g/mol. The lowest BCUT2D eigenvalue weighted by Gasteiger charge is -2.43. The van der Waals surface area contributed by atoms with Crippen LogP contribution in [0.25, 0.3) is 0 Å². The maximum Gasteiger partial charge on any atom is 0.153 e. The predicted octanol–water partition coefficient (Wildman–Crippen LogP) is 1.53. The fourth-order valence-electron chi connectivity index (χ4n) is 4.18. The van der Waals surface area contributed by atoms with Gasteiger partial charge in [-0.2, -0.15) is 0 Å². The van der Waals surface area contributed by atoms with Gasteiger partial charge >= 0.3 is 0 Å². The van der Waals surface area contributed by atoms with Crippen LogP contribution in [0.3, 0.4) is 0 Å². The van der Waals surface area contributed by atoms with Gasteiger partial charge in [0.1, 0.15) is 5.75 Å². The molecular formula is C19H30N2O4S. The number of sulfone groups is 1. The average molecular weight is 383 g/mol. The van der Waals surface area contributed by atoms with E-state index in [9.17, 15) is 8.42 Å². The number of hydrogen-bond donors (Lipinski definition) is 0. The highest BCUT2D eigenvalue weighted by Gasteiger charge is 2.45. The van der Waals surface area contributed by atoms with E-state index in [2.05, 4.69) is 28.9 Å². The number of likely N-dealkylation sites (N-methyl/N-ethyl adjacent to an activating group) is 1. The Kier molecular flexibility index (Phi) is 6.22. The van der Waals surface area contributed by atoms with E-state index in [0.717, 1.165) is 37.5 Å². The highest BCUT2D eigenvalue weighted by molar-refractivity contribution is 7.91. The SMILES string of the molecule is CCOCc1cc(CN2CCN(CC)[C@@H]3CS(=O)(=O)C[C@@H]32)ccc1OC. The first-order valence-corrected chi connectivity index (χ1v) is 11.2. The zero-order valence-corrected chi connectivity index (χ0v) is 16.8. The Balaban J connectivity index is 1.78. The number of fused-ring (bicyclic) bond motifs is 1. The van der Waals surface area contributed by atoms with Crippen molar-refractivity contribution < 1.29 is 17.9 Å². The van der Waals surface area contributed by atoms with Crippen molar-refractivity contribution in [1.29, 1.82) is 0 Å². The minimum atomic E-state index is -2.95. The third kappa shape index (κ3) is 4.22. The molecule has 2 aliphatic rings. The van der Waals surface area contributed by atoms with Gasteiger partial charge in [-0.25, -0.2) is 8.42 Å². The zero-order valence-electron chi connectivity index (χ0n) is 16.0. The summed E-state index contributed by atoms with van der Waals surface area (Å²) < 4.78 is 35.4. The Hall–Kier alpha value is -1.15. The van der Waals surface area contributed by atoms with Gasteiger partial charge in [-0.1, -0.05) is 13.0 Å². The smallest absolute Gasteiger partial charge is 0.153 e. The highest BCUT2D eigenvalue weighted by atomic mass is 32.2. The van der Waals surface area contributed by atoms with Crippen LogP contribution in [0.15, 0.2) is 18.2 Å². The van der Waals surface area contributed by atoms with Gasteiger partial charge in [0.25, 0.3) is 0 Å². The molecule has 0 aromatic heterocycles. The fraction of sp³-hybridized carbons (Fsp3) is 0.684. The first-order valence-electron chi connectivity index (χ1n) is 9.39. The van der Waals surface area contributed by atoms with E-state index in [1.165, 1.54) is 5.56 Å². The van der Waals surface area contributed by atoms with Gasteiger partial charge < -0.3 is 9.47 Å². The molecule has 2 aliphatic heterocycles.